The van der Waals surface area contributed by atoms with E-state index < -0.39 is 6.03 Å². The third-order valence-corrected chi connectivity index (χ3v) is 2.11. The van der Waals surface area contributed by atoms with E-state index in [0.29, 0.717) is 15.7 Å². The van der Waals surface area contributed by atoms with Gasteiger partial charge in [-0.15, -0.1) is 0 Å². The van der Waals surface area contributed by atoms with E-state index in [4.69, 9.17) is 23.2 Å². The minimum absolute atomic E-state index is 0.377. The SMILES string of the molecule is CONC(=O)Nc1ccc(Cl)c(Cl)c1. The van der Waals surface area contributed by atoms with Gasteiger partial charge >= 0.3 is 6.03 Å². The van der Waals surface area contributed by atoms with Crippen molar-refractivity contribution in [1.82, 2.24) is 5.48 Å². The molecule has 0 heterocycles. The van der Waals surface area contributed by atoms with Crippen molar-refractivity contribution in [2.24, 2.45) is 0 Å². The molecule has 0 saturated heterocycles. The Morgan fingerprint density at radius 1 is 1.36 bits per heavy atom. The minimum Gasteiger partial charge on any atom is -0.306 e. The van der Waals surface area contributed by atoms with Crippen LogP contribution in [0.2, 0.25) is 10.0 Å². The first-order valence-corrected chi connectivity index (χ1v) is 4.44. The lowest BCUT2D eigenvalue weighted by molar-refractivity contribution is 0.114. The first-order chi connectivity index (χ1) is 6.63. The molecular formula is C8H8Cl2N2O2. The molecular weight excluding hydrogens is 227 g/mol. The second kappa shape index (κ2) is 5.05. The van der Waals surface area contributed by atoms with Crippen LogP contribution in [0, 0.1) is 0 Å². The molecule has 76 valence electrons. The summed E-state index contributed by atoms with van der Waals surface area (Å²) in [6.07, 6.45) is 0. The molecule has 14 heavy (non-hydrogen) atoms. The first kappa shape index (κ1) is 11.1. The van der Waals surface area contributed by atoms with Gasteiger partial charge in [0, 0.05) is 5.69 Å². The molecule has 1 aromatic rings. The Kier molecular flexibility index (Phi) is 4.00. The van der Waals surface area contributed by atoms with Crippen molar-refractivity contribution in [1.29, 1.82) is 0 Å². The predicted molar refractivity (Wildman–Crippen MR) is 55.6 cm³/mol. The number of rotatable bonds is 2. The molecule has 0 unspecified atom stereocenters. The molecule has 0 atom stereocenters. The summed E-state index contributed by atoms with van der Waals surface area (Å²) >= 11 is 11.4. The molecule has 0 aliphatic rings. The van der Waals surface area contributed by atoms with E-state index in [1.165, 1.54) is 7.11 Å². The maximum absolute atomic E-state index is 11.0. The van der Waals surface area contributed by atoms with Crippen molar-refractivity contribution in [3.8, 4) is 0 Å². The van der Waals surface area contributed by atoms with Gasteiger partial charge in [0.1, 0.15) is 0 Å². The van der Waals surface area contributed by atoms with Gasteiger partial charge in [0.2, 0.25) is 0 Å². The first-order valence-electron chi connectivity index (χ1n) is 3.68. The summed E-state index contributed by atoms with van der Waals surface area (Å²) in [5.41, 5.74) is 2.64. The summed E-state index contributed by atoms with van der Waals surface area (Å²) in [7, 11) is 1.34. The van der Waals surface area contributed by atoms with Crippen LogP contribution in [0.5, 0.6) is 0 Å². The fourth-order valence-corrected chi connectivity index (χ4v) is 1.12. The molecule has 0 bridgehead atoms. The van der Waals surface area contributed by atoms with E-state index in [0.717, 1.165) is 0 Å². The van der Waals surface area contributed by atoms with Crippen molar-refractivity contribution in [2.75, 3.05) is 12.4 Å². The molecule has 0 fully saturated rings. The topological polar surface area (TPSA) is 50.4 Å². The van der Waals surface area contributed by atoms with Crippen LogP contribution in [0.15, 0.2) is 18.2 Å². The van der Waals surface area contributed by atoms with Crippen LogP contribution in [0.25, 0.3) is 0 Å². The summed E-state index contributed by atoms with van der Waals surface area (Å²) < 4.78 is 0. The highest BCUT2D eigenvalue weighted by Gasteiger charge is 2.02. The second-order valence-electron chi connectivity index (χ2n) is 2.39. The fraction of sp³-hybridized carbons (Fsp3) is 0.125. The van der Waals surface area contributed by atoms with Crippen LogP contribution in [0.3, 0.4) is 0 Å². The van der Waals surface area contributed by atoms with Gasteiger partial charge in [-0.1, -0.05) is 23.2 Å². The molecule has 6 heteroatoms. The summed E-state index contributed by atoms with van der Waals surface area (Å²) in [5.74, 6) is 0. The zero-order chi connectivity index (χ0) is 10.6. The van der Waals surface area contributed by atoms with Gasteiger partial charge in [-0.3, -0.25) is 4.84 Å². The Labute approximate surface area is 91.1 Å². The van der Waals surface area contributed by atoms with Gasteiger partial charge in [0.15, 0.2) is 0 Å². The number of carbonyl (C=O) groups is 1. The Bertz CT molecular complexity index is 344. The third-order valence-electron chi connectivity index (χ3n) is 1.37. The van der Waals surface area contributed by atoms with Gasteiger partial charge in [-0.05, 0) is 18.2 Å². The van der Waals surface area contributed by atoms with Gasteiger partial charge in [-0.25, -0.2) is 10.3 Å². The van der Waals surface area contributed by atoms with Crippen molar-refractivity contribution < 1.29 is 9.63 Å². The van der Waals surface area contributed by atoms with E-state index in [2.05, 4.69) is 15.6 Å². The average Bonchev–Trinajstić information content (AvgIpc) is 2.12. The molecule has 0 aromatic heterocycles. The van der Waals surface area contributed by atoms with E-state index in [9.17, 15) is 4.79 Å². The van der Waals surface area contributed by atoms with E-state index in [-0.39, 0.29) is 0 Å². The molecule has 0 saturated carbocycles. The van der Waals surface area contributed by atoms with Crippen LogP contribution in [0.1, 0.15) is 0 Å². The molecule has 0 spiro atoms. The van der Waals surface area contributed by atoms with Crippen LogP contribution >= 0.6 is 23.2 Å². The maximum Gasteiger partial charge on any atom is 0.343 e. The number of nitrogens with one attached hydrogen (secondary N) is 2. The normalized spacial score (nSPS) is 9.64. The van der Waals surface area contributed by atoms with Gasteiger partial charge in [0.25, 0.3) is 0 Å². The lowest BCUT2D eigenvalue weighted by Gasteiger charge is -2.05. The van der Waals surface area contributed by atoms with Gasteiger partial charge < -0.3 is 5.32 Å². The molecule has 0 aliphatic heterocycles. The summed E-state index contributed by atoms with van der Waals surface area (Å²) in [4.78, 5) is 15.4. The largest absolute Gasteiger partial charge is 0.343 e. The monoisotopic (exact) mass is 234 g/mol. The molecule has 4 nitrogen and oxygen atoms in total. The van der Waals surface area contributed by atoms with E-state index >= 15 is 0 Å². The van der Waals surface area contributed by atoms with Gasteiger partial charge in [-0.2, -0.15) is 0 Å². The number of amides is 2. The fourth-order valence-electron chi connectivity index (χ4n) is 0.823. The van der Waals surface area contributed by atoms with Crippen molar-refractivity contribution in [3.63, 3.8) is 0 Å². The van der Waals surface area contributed by atoms with Crippen LogP contribution in [0.4, 0.5) is 10.5 Å². The lowest BCUT2D eigenvalue weighted by atomic mass is 10.3. The quantitative estimate of drug-likeness (QED) is 0.774. The second-order valence-corrected chi connectivity index (χ2v) is 3.20. The van der Waals surface area contributed by atoms with Crippen molar-refractivity contribution >= 4 is 34.9 Å². The van der Waals surface area contributed by atoms with Gasteiger partial charge in [0.05, 0.1) is 17.2 Å². The highest BCUT2D eigenvalue weighted by atomic mass is 35.5. The number of carbonyl (C=O) groups excluding carboxylic acids is 1. The van der Waals surface area contributed by atoms with Crippen LogP contribution in [-0.4, -0.2) is 13.1 Å². The standard InChI is InChI=1S/C8H8Cl2N2O2/c1-14-12-8(13)11-5-2-3-6(9)7(10)4-5/h2-4H,1H3,(H2,11,12,13). The number of hydrogen-bond acceptors (Lipinski definition) is 2. The van der Waals surface area contributed by atoms with Crippen LogP contribution < -0.4 is 10.8 Å². The molecule has 1 rings (SSSR count). The Balaban J connectivity index is 2.68. The molecule has 1 aromatic carbocycles. The highest BCUT2D eigenvalue weighted by molar-refractivity contribution is 6.42. The average molecular weight is 235 g/mol. The Morgan fingerprint density at radius 2 is 2.07 bits per heavy atom. The number of hydrogen-bond donors (Lipinski definition) is 2. The minimum atomic E-state index is -0.481. The van der Waals surface area contributed by atoms with E-state index in [1.807, 2.05) is 0 Å². The number of benzene rings is 1. The Morgan fingerprint density at radius 3 is 2.64 bits per heavy atom. The smallest absolute Gasteiger partial charge is 0.306 e. The zero-order valence-electron chi connectivity index (χ0n) is 7.30. The lowest BCUT2D eigenvalue weighted by Crippen LogP contribution is -2.27. The Hall–Kier alpha value is -0.970. The molecule has 0 aliphatic carbocycles. The zero-order valence-corrected chi connectivity index (χ0v) is 8.82. The number of urea groups is 1. The third kappa shape index (κ3) is 3.06. The highest BCUT2D eigenvalue weighted by Crippen LogP contribution is 2.24. The molecule has 2 N–H and O–H groups in total. The summed E-state index contributed by atoms with van der Waals surface area (Å²) in [5, 5.41) is 3.30. The maximum atomic E-state index is 11.0. The van der Waals surface area contributed by atoms with Crippen LogP contribution in [-0.2, 0) is 4.84 Å². The molecule has 0 radical (unpaired) electrons. The summed E-state index contributed by atoms with van der Waals surface area (Å²) in [6.45, 7) is 0. The molecule has 2 amide bonds. The number of hydroxylamine groups is 1. The van der Waals surface area contributed by atoms with Crippen molar-refractivity contribution in [3.05, 3.63) is 28.2 Å². The van der Waals surface area contributed by atoms with Crippen molar-refractivity contribution in [2.45, 2.75) is 0 Å². The van der Waals surface area contributed by atoms with E-state index in [1.54, 1.807) is 18.2 Å². The number of anilines is 1. The summed E-state index contributed by atoms with van der Waals surface area (Å²) in [6, 6.07) is 4.28. The number of halogens is 2. The predicted octanol–water partition coefficient (Wildman–Crippen LogP) is 2.68.